The van der Waals surface area contributed by atoms with Crippen molar-refractivity contribution in [3.05, 3.63) is 58.7 Å². The molecule has 2 fully saturated rings. The zero-order valence-corrected chi connectivity index (χ0v) is 26.2. The average molecular weight is 577 g/mol. The molecule has 0 aromatic heterocycles. The predicted molar refractivity (Wildman–Crippen MR) is 160 cm³/mol. The normalized spacial score (nSPS) is 24.0. The maximum absolute atomic E-state index is 6.29. The monoisotopic (exact) mass is 576 g/mol. The fourth-order valence-electron chi connectivity index (χ4n) is 4.68. The second-order valence-electron chi connectivity index (χ2n) is 10.9. The summed E-state index contributed by atoms with van der Waals surface area (Å²) in [5.41, 5.74) is 4.81. The Morgan fingerprint density at radius 2 is 1.31 bits per heavy atom. The molecule has 39 heavy (non-hydrogen) atoms. The van der Waals surface area contributed by atoms with Gasteiger partial charge in [0.1, 0.15) is 11.5 Å². The third kappa shape index (κ3) is 8.38. The summed E-state index contributed by atoms with van der Waals surface area (Å²) in [5.74, 6) is 2.15. The lowest BCUT2D eigenvalue weighted by Gasteiger charge is -2.41. The van der Waals surface area contributed by atoms with Crippen LogP contribution in [0.25, 0.3) is 0 Å². The van der Waals surface area contributed by atoms with E-state index >= 15 is 0 Å². The van der Waals surface area contributed by atoms with Gasteiger partial charge in [0, 0.05) is 0 Å². The summed E-state index contributed by atoms with van der Waals surface area (Å²) in [6.45, 7) is 13.0. The zero-order chi connectivity index (χ0) is 27.7. The van der Waals surface area contributed by atoms with Crippen molar-refractivity contribution in [2.75, 3.05) is 26.4 Å². The molecular formula is C31H46O6P2. The van der Waals surface area contributed by atoms with Crippen LogP contribution in [0.5, 0.6) is 11.5 Å². The van der Waals surface area contributed by atoms with Crippen LogP contribution in [0.2, 0.25) is 0 Å². The van der Waals surface area contributed by atoms with Crippen molar-refractivity contribution in [3.63, 3.8) is 0 Å². The second-order valence-corrected chi connectivity index (χ2v) is 13.2. The number of hydrogen-bond donors (Lipinski definition) is 0. The van der Waals surface area contributed by atoms with E-state index in [2.05, 4.69) is 71.0 Å². The Morgan fingerprint density at radius 1 is 0.744 bits per heavy atom. The van der Waals surface area contributed by atoms with Gasteiger partial charge in [-0.15, -0.1) is 0 Å². The van der Waals surface area contributed by atoms with E-state index in [0.717, 1.165) is 50.0 Å². The van der Waals surface area contributed by atoms with Gasteiger partial charge in [0.05, 0.1) is 31.8 Å². The molecule has 0 radical (unpaired) electrons. The fraction of sp³-hybridized carbons (Fsp3) is 0.613. The first-order valence-corrected chi connectivity index (χ1v) is 16.9. The van der Waals surface area contributed by atoms with Crippen LogP contribution in [0.3, 0.4) is 0 Å². The molecule has 0 saturated carbocycles. The molecule has 0 bridgehead atoms. The summed E-state index contributed by atoms with van der Waals surface area (Å²) < 4.78 is 36.9. The minimum absolute atomic E-state index is 0.342. The summed E-state index contributed by atoms with van der Waals surface area (Å²) in [7, 11) is -2.92. The maximum Gasteiger partial charge on any atom is 0.397 e. The number of aryl methyl sites for hydroxylation is 3. The van der Waals surface area contributed by atoms with Crippen molar-refractivity contribution in [2.45, 2.75) is 91.9 Å². The van der Waals surface area contributed by atoms with Crippen molar-refractivity contribution in [1.82, 2.24) is 0 Å². The maximum atomic E-state index is 6.29. The van der Waals surface area contributed by atoms with E-state index in [1.54, 1.807) is 0 Å². The average Bonchev–Trinajstić information content (AvgIpc) is 2.98. The second kappa shape index (κ2) is 15.1. The highest BCUT2D eigenvalue weighted by Crippen LogP contribution is 2.54. The van der Waals surface area contributed by atoms with E-state index in [4.69, 9.17) is 27.1 Å². The molecule has 1 spiro atoms. The molecule has 4 rings (SSSR count). The molecule has 6 nitrogen and oxygen atoms in total. The lowest BCUT2D eigenvalue weighted by Crippen LogP contribution is -2.45. The minimum Gasteiger partial charge on any atom is -0.426 e. The Balaban J connectivity index is 1.30. The number of rotatable bonds is 13. The molecular weight excluding hydrogens is 530 g/mol. The summed E-state index contributed by atoms with van der Waals surface area (Å²) in [4.78, 5) is 0. The Hall–Kier alpha value is -1.26. The van der Waals surface area contributed by atoms with E-state index in [-0.39, 0.29) is 5.41 Å². The Kier molecular flexibility index (Phi) is 11.9. The van der Waals surface area contributed by atoms with Crippen molar-refractivity contribution in [3.8, 4) is 11.5 Å². The van der Waals surface area contributed by atoms with Crippen LogP contribution in [-0.4, -0.2) is 26.4 Å². The van der Waals surface area contributed by atoms with Gasteiger partial charge in [0.25, 0.3) is 0 Å². The third-order valence-electron chi connectivity index (χ3n) is 7.62. The van der Waals surface area contributed by atoms with E-state index in [9.17, 15) is 0 Å². The van der Waals surface area contributed by atoms with Crippen molar-refractivity contribution in [2.24, 2.45) is 5.41 Å². The lowest BCUT2D eigenvalue weighted by molar-refractivity contribution is -0.0673. The summed E-state index contributed by atoms with van der Waals surface area (Å²) in [5, 5.41) is 0. The molecule has 2 aromatic rings. The number of benzene rings is 2. The van der Waals surface area contributed by atoms with Crippen LogP contribution < -0.4 is 9.05 Å². The van der Waals surface area contributed by atoms with Gasteiger partial charge in [-0.05, 0) is 78.8 Å². The molecule has 2 aromatic carbocycles. The number of unbranched alkanes of at least 4 members (excludes halogenated alkanes) is 2. The molecule has 1 unspecified atom stereocenters. The van der Waals surface area contributed by atoms with Crippen LogP contribution in [0.4, 0.5) is 0 Å². The summed E-state index contributed by atoms with van der Waals surface area (Å²) >= 11 is 0. The van der Waals surface area contributed by atoms with E-state index in [1.165, 1.54) is 35.1 Å². The highest BCUT2D eigenvalue weighted by atomic mass is 31.2. The molecule has 2 heterocycles. The number of hydrogen-bond acceptors (Lipinski definition) is 6. The quantitative estimate of drug-likeness (QED) is 0.221. The first kappa shape index (κ1) is 30.7. The van der Waals surface area contributed by atoms with E-state index in [1.807, 2.05) is 0 Å². The Morgan fingerprint density at radius 3 is 1.90 bits per heavy atom. The van der Waals surface area contributed by atoms with Crippen LogP contribution >= 0.6 is 17.2 Å². The lowest BCUT2D eigenvalue weighted by atomic mass is 9.93. The third-order valence-corrected chi connectivity index (χ3v) is 9.67. The van der Waals surface area contributed by atoms with Gasteiger partial charge in [-0.2, -0.15) is 0 Å². The first-order valence-electron chi connectivity index (χ1n) is 14.7. The Bertz CT molecular complexity index is 1030. The molecule has 1 atom stereocenters. The SMILES string of the molecule is CCCCc1ccc(OP2OCC3(COP(Oc4ccc(CC)cc4CCCC)OC3)CO2)c(C(C)CC)c1. The van der Waals surface area contributed by atoms with Crippen LogP contribution in [0, 0.1) is 5.41 Å². The van der Waals surface area contributed by atoms with Crippen LogP contribution in [-0.2, 0) is 37.4 Å². The molecule has 2 aliphatic heterocycles. The van der Waals surface area contributed by atoms with Crippen LogP contribution in [0.1, 0.15) is 94.9 Å². The molecule has 2 saturated heterocycles. The van der Waals surface area contributed by atoms with E-state index in [0.29, 0.717) is 32.3 Å². The van der Waals surface area contributed by atoms with Gasteiger partial charge >= 0.3 is 17.2 Å². The molecule has 8 heteroatoms. The predicted octanol–water partition coefficient (Wildman–Crippen LogP) is 9.44. The minimum atomic E-state index is -1.47. The van der Waals surface area contributed by atoms with E-state index < -0.39 is 17.2 Å². The Labute approximate surface area is 238 Å². The van der Waals surface area contributed by atoms with Gasteiger partial charge in [-0.1, -0.05) is 71.7 Å². The zero-order valence-electron chi connectivity index (χ0n) is 24.4. The molecule has 2 aliphatic rings. The molecule has 216 valence electrons. The van der Waals surface area contributed by atoms with Gasteiger partial charge < -0.3 is 27.1 Å². The molecule has 0 N–H and O–H groups in total. The summed E-state index contributed by atoms with van der Waals surface area (Å²) in [6, 6.07) is 13.0. The molecule has 0 aliphatic carbocycles. The standard InChI is InChI=1S/C31H46O6P2/c1-6-10-12-26-15-17-30(28(19-26)24(5)8-3)37-39-34-22-31(23-35-39)20-32-38(33-21-31)36-29-16-14-25(9-4)18-27(29)13-11-7-2/h14-19,24H,6-13,20-23H2,1-5H3. The van der Waals surface area contributed by atoms with Crippen LogP contribution in [0.15, 0.2) is 36.4 Å². The first-order chi connectivity index (χ1) is 19.0. The van der Waals surface area contributed by atoms with Crippen molar-refractivity contribution < 1.29 is 27.1 Å². The van der Waals surface area contributed by atoms with Gasteiger partial charge in [-0.25, -0.2) is 0 Å². The molecule has 0 amide bonds. The smallest absolute Gasteiger partial charge is 0.397 e. The van der Waals surface area contributed by atoms with Gasteiger partial charge in [-0.3, -0.25) is 0 Å². The van der Waals surface area contributed by atoms with Crippen molar-refractivity contribution in [1.29, 1.82) is 0 Å². The van der Waals surface area contributed by atoms with Gasteiger partial charge in [0.15, 0.2) is 0 Å². The summed E-state index contributed by atoms with van der Waals surface area (Å²) in [6.07, 6.45) is 8.84. The highest BCUT2D eigenvalue weighted by molar-refractivity contribution is 7.42. The largest absolute Gasteiger partial charge is 0.426 e. The van der Waals surface area contributed by atoms with Crippen molar-refractivity contribution >= 4 is 17.2 Å². The highest BCUT2D eigenvalue weighted by Gasteiger charge is 2.45. The topological polar surface area (TPSA) is 55.4 Å². The van der Waals surface area contributed by atoms with Gasteiger partial charge in [0.2, 0.25) is 0 Å². The fourth-order valence-corrected chi connectivity index (χ4v) is 7.22.